The average Bonchev–Trinajstić information content (AvgIpc) is 2.98. The van der Waals surface area contributed by atoms with E-state index in [0.717, 1.165) is 10.4 Å². The number of benzene rings is 1. The van der Waals surface area contributed by atoms with E-state index in [1.54, 1.807) is 30.7 Å². The maximum Gasteiger partial charge on any atom is 0.236 e. The first kappa shape index (κ1) is 15.1. The molecule has 21 heavy (non-hydrogen) atoms. The molecule has 0 saturated heterocycles. The number of rotatable bonds is 6. The highest BCUT2D eigenvalue weighted by atomic mass is 32.1. The van der Waals surface area contributed by atoms with Crippen molar-refractivity contribution in [1.82, 2.24) is 5.43 Å². The van der Waals surface area contributed by atoms with Crippen LogP contribution >= 0.6 is 11.3 Å². The molecule has 1 heterocycles. The number of hydrazone groups is 1. The van der Waals surface area contributed by atoms with Crippen LogP contribution in [0.1, 0.15) is 17.4 Å². The fraction of sp³-hybridized carbons (Fsp3) is 0.200. The van der Waals surface area contributed by atoms with Crippen LogP contribution in [-0.2, 0) is 11.4 Å². The summed E-state index contributed by atoms with van der Waals surface area (Å²) in [6, 6.07) is 9.47. The topological polar surface area (TPSA) is 59.9 Å². The van der Waals surface area contributed by atoms with Crippen LogP contribution in [0.15, 0.2) is 40.8 Å². The van der Waals surface area contributed by atoms with Gasteiger partial charge in [-0.1, -0.05) is 6.07 Å². The molecule has 0 aliphatic rings. The monoisotopic (exact) mass is 304 g/mol. The summed E-state index contributed by atoms with van der Waals surface area (Å²) < 4.78 is 11.1. The Morgan fingerprint density at radius 3 is 2.90 bits per heavy atom. The van der Waals surface area contributed by atoms with Gasteiger partial charge in [-0.25, -0.2) is 5.43 Å². The highest BCUT2D eigenvalue weighted by Gasteiger charge is 2.06. The van der Waals surface area contributed by atoms with Gasteiger partial charge in [-0.3, -0.25) is 4.79 Å². The van der Waals surface area contributed by atoms with Crippen molar-refractivity contribution >= 4 is 23.5 Å². The van der Waals surface area contributed by atoms with E-state index < -0.39 is 0 Å². The van der Waals surface area contributed by atoms with Crippen molar-refractivity contribution in [3.63, 3.8) is 0 Å². The predicted molar refractivity (Wildman–Crippen MR) is 83.1 cm³/mol. The molecule has 0 saturated carbocycles. The van der Waals surface area contributed by atoms with Crippen LogP contribution < -0.4 is 14.9 Å². The molecule has 2 rings (SSSR count). The maximum absolute atomic E-state index is 10.7. The number of ether oxygens (including phenoxy) is 2. The van der Waals surface area contributed by atoms with Crippen LogP contribution in [0.2, 0.25) is 0 Å². The summed E-state index contributed by atoms with van der Waals surface area (Å²) in [5.41, 5.74) is 3.16. The summed E-state index contributed by atoms with van der Waals surface area (Å²) in [6.45, 7) is 1.91. The molecule has 0 aliphatic heterocycles. The van der Waals surface area contributed by atoms with E-state index in [9.17, 15) is 4.79 Å². The van der Waals surface area contributed by atoms with E-state index in [-0.39, 0.29) is 5.91 Å². The van der Waals surface area contributed by atoms with Crippen molar-refractivity contribution in [3.05, 3.63) is 46.2 Å². The largest absolute Gasteiger partial charge is 0.493 e. The van der Waals surface area contributed by atoms with Gasteiger partial charge >= 0.3 is 0 Å². The summed E-state index contributed by atoms with van der Waals surface area (Å²) in [5, 5.41) is 5.82. The van der Waals surface area contributed by atoms with Gasteiger partial charge in [0.2, 0.25) is 5.91 Å². The highest BCUT2D eigenvalue weighted by molar-refractivity contribution is 7.09. The van der Waals surface area contributed by atoms with Crippen molar-refractivity contribution in [2.75, 3.05) is 7.11 Å². The van der Waals surface area contributed by atoms with E-state index >= 15 is 0 Å². The van der Waals surface area contributed by atoms with E-state index in [4.69, 9.17) is 9.47 Å². The van der Waals surface area contributed by atoms with Crippen molar-refractivity contribution in [1.29, 1.82) is 0 Å². The number of hydrogen-bond donors (Lipinski definition) is 1. The van der Waals surface area contributed by atoms with Gasteiger partial charge in [0.15, 0.2) is 11.5 Å². The Morgan fingerprint density at radius 2 is 2.24 bits per heavy atom. The third-order valence-corrected chi connectivity index (χ3v) is 3.42. The second-order valence-corrected chi connectivity index (χ2v) is 5.24. The molecule has 5 nitrogen and oxygen atoms in total. The number of nitrogens with one attached hydrogen (secondary N) is 1. The summed E-state index contributed by atoms with van der Waals surface area (Å²) in [4.78, 5) is 11.9. The van der Waals surface area contributed by atoms with Gasteiger partial charge in [0.25, 0.3) is 0 Å². The Morgan fingerprint density at radius 1 is 1.38 bits per heavy atom. The molecule has 0 spiro atoms. The fourth-order valence-corrected chi connectivity index (χ4v) is 2.24. The van der Waals surface area contributed by atoms with Crippen LogP contribution in [0, 0.1) is 0 Å². The van der Waals surface area contributed by atoms with Gasteiger partial charge in [-0.05, 0) is 35.2 Å². The van der Waals surface area contributed by atoms with E-state index in [2.05, 4.69) is 10.5 Å². The van der Waals surface area contributed by atoms with Crippen molar-refractivity contribution < 1.29 is 14.3 Å². The molecule has 0 unspecified atom stereocenters. The van der Waals surface area contributed by atoms with E-state index in [1.807, 2.05) is 29.6 Å². The first-order chi connectivity index (χ1) is 10.2. The molecular weight excluding hydrogens is 288 g/mol. The van der Waals surface area contributed by atoms with Crippen LogP contribution in [0.3, 0.4) is 0 Å². The second-order valence-electron chi connectivity index (χ2n) is 4.20. The Kier molecular flexibility index (Phi) is 5.34. The van der Waals surface area contributed by atoms with Gasteiger partial charge in [-0.15, -0.1) is 11.3 Å². The van der Waals surface area contributed by atoms with E-state index in [1.165, 1.54) is 6.92 Å². The lowest BCUT2D eigenvalue weighted by Gasteiger charge is -2.10. The second kappa shape index (κ2) is 7.44. The zero-order valence-corrected chi connectivity index (χ0v) is 12.6. The molecular formula is C15H16N2O3S. The lowest BCUT2D eigenvalue weighted by Crippen LogP contribution is -2.12. The van der Waals surface area contributed by atoms with Crippen LogP contribution in [0.5, 0.6) is 11.5 Å². The quantitative estimate of drug-likeness (QED) is 0.659. The number of methoxy groups -OCH3 is 1. The van der Waals surface area contributed by atoms with Gasteiger partial charge < -0.3 is 9.47 Å². The van der Waals surface area contributed by atoms with Crippen molar-refractivity contribution in [2.45, 2.75) is 13.5 Å². The zero-order valence-electron chi connectivity index (χ0n) is 11.8. The predicted octanol–water partition coefficient (Wildman–Crippen LogP) is 2.81. The summed E-state index contributed by atoms with van der Waals surface area (Å²) in [6.07, 6.45) is 1.55. The minimum absolute atomic E-state index is 0.214. The number of hydrogen-bond acceptors (Lipinski definition) is 5. The van der Waals surface area contributed by atoms with Crippen molar-refractivity contribution in [2.24, 2.45) is 5.10 Å². The van der Waals surface area contributed by atoms with Gasteiger partial charge in [0.1, 0.15) is 6.61 Å². The number of thiophene rings is 1. The van der Waals surface area contributed by atoms with Crippen LogP contribution in [-0.4, -0.2) is 19.2 Å². The molecule has 0 fully saturated rings. The molecule has 0 atom stereocenters. The number of carbonyl (C=O) groups is 1. The first-order valence-corrected chi connectivity index (χ1v) is 7.20. The van der Waals surface area contributed by atoms with Gasteiger partial charge in [0.05, 0.1) is 13.3 Å². The minimum atomic E-state index is -0.214. The molecule has 2 aromatic rings. The average molecular weight is 304 g/mol. The summed E-state index contributed by atoms with van der Waals surface area (Å²) >= 11 is 1.65. The minimum Gasteiger partial charge on any atom is -0.493 e. The Balaban J connectivity index is 2.05. The number of nitrogens with zero attached hydrogens (tertiary/aromatic N) is 1. The third-order valence-electron chi connectivity index (χ3n) is 2.57. The molecule has 1 aromatic heterocycles. The number of carbonyl (C=O) groups excluding carboxylic acids is 1. The smallest absolute Gasteiger partial charge is 0.236 e. The van der Waals surface area contributed by atoms with Crippen molar-refractivity contribution in [3.8, 4) is 11.5 Å². The third kappa shape index (κ3) is 4.61. The number of amides is 1. The molecule has 1 amide bonds. The Labute approximate surface area is 127 Å². The molecule has 0 aliphatic carbocycles. The Hall–Kier alpha value is -2.34. The molecule has 0 bridgehead atoms. The van der Waals surface area contributed by atoms with Crippen LogP contribution in [0.4, 0.5) is 0 Å². The van der Waals surface area contributed by atoms with Gasteiger partial charge in [0, 0.05) is 11.8 Å². The lowest BCUT2D eigenvalue weighted by atomic mass is 10.2. The molecule has 6 heteroatoms. The SMILES string of the molecule is COc1cc(/C=N\NC(C)=O)ccc1OCc1cccs1. The van der Waals surface area contributed by atoms with Gasteiger partial charge in [-0.2, -0.15) is 5.10 Å². The normalized spacial score (nSPS) is 10.6. The first-order valence-electron chi connectivity index (χ1n) is 6.32. The fourth-order valence-electron chi connectivity index (χ4n) is 1.63. The maximum atomic E-state index is 10.7. The highest BCUT2D eigenvalue weighted by Crippen LogP contribution is 2.28. The zero-order chi connectivity index (χ0) is 15.1. The molecule has 0 radical (unpaired) electrons. The standard InChI is InChI=1S/C15H16N2O3S/c1-11(18)17-16-9-12-5-6-14(15(8-12)19-2)20-10-13-4-3-7-21-13/h3-9H,10H2,1-2H3,(H,17,18)/b16-9-. The Bertz CT molecular complexity index is 624. The molecule has 1 N–H and O–H groups in total. The summed E-state index contributed by atoms with van der Waals surface area (Å²) in [5.74, 6) is 1.08. The molecule has 1 aromatic carbocycles. The lowest BCUT2D eigenvalue weighted by molar-refractivity contribution is -0.118. The molecule has 110 valence electrons. The van der Waals surface area contributed by atoms with Crippen LogP contribution in [0.25, 0.3) is 0 Å². The summed E-state index contributed by atoms with van der Waals surface area (Å²) in [7, 11) is 1.59. The van der Waals surface area contributed by atoms with E-state index in [0.29, 0.717) is 18.1 Å².